The molecule has 0 spiro atoms. The second-order valence-electron chi connectivity index (χ2n) is 6.17. The molecule has 0 bridgehead atoms. The fourth-order valence-electron chi connectivity index (χ4n) is 2.66. The Labute approximate surface area is 145 Å². The zero-order valence-electron chi connectivity index (χ0n) is 13.8. The van der Waals surface area contributed by atoms with Crippen molar-refractivity contribution in [1.29, 1.82) is 0 Å². The molecule has 128 valence electrons. The number of benzene rings is 1. The first-order chi connectivity index (χ1) is 12.3. The average Bonchev–Trinajstić information content (AvgIpc) is 3.20. The number of carbonyl (C=O) groups is 1. The summed E-state index contributed by atoms with van der Waals surface area (Å²) in [5.41, 5.74) is 1.27. The van der Waals surface area contributed by atoms with Gasteiger partial charge in [0, 0.05) is 24.9 Å². The number of nitrogens with one attached hydrogen (secondary N) is 1. The Bertz CT molecular complexity index is 851. The van der Waals surface area contributed by atoms with Crippen molar-refractivity contribution in [2.75, 3.05) is 0 Å². The normalized spacial score (nSPS) is 13.8. The van der Waals surface area contributed by atoms with Crippen LogP contribution in [0.4, 0.5) is 0 Å². The maximum Gasteiger partial charge on any atom is 0.309 e. The molecule has 4 rings (SSSR count). The van der Waals surface area contributed by atoms with Crippen molar-refractivity contribution in [2.24, 2.45) is 0 Å². The summed E-state index contributed by atoms with van der Waals surface area (Å²) in [6.07, 6.45) is 6.68. The fraction of sp³-hybridized carbons (Fsp3) is 0.333. The van der Waals surface area contributed by atoms with Gasteiger partial charge in [0.05, 0.1) is 6.54 Å². The van der Waals surface area contributed by atoms with Crippen molar-refractivity contribution >= 4 is 5.91 Å². The maximum atomic E-state index is 12.1. The van der Waals surface area contributed by atoms with E-state index in [2.05, 4.69) is 32.6 Å². The molecule has 3 aromatic rings. The molecule has 0 aliphatic heterocycles. The Balaban J connectivity index is 1.33. The Morgan fingerprint density at radius 3 is 2.88 bits per heavy atom. The van der Waals surface area contributed by atoms with Gasteiger partial charge in [0.25, 0.3) is 0 Å². The summed E-state index contributed by atoms with van der Waals surface area (Å²) < 4.78 is 7.45. The predicted octanol–water partition coefficient (Wildman–Crippen LogP) is 2.32. The molecule has 25 heavy (non-hydrogen) atoms. The van der Waals surface area contributed by atoms with E-state index in [-0.39, 0.29) is 11.8 Å². The molecule has 0 atom stereocenters. The molecule has 1 saturated carbocycles. The van der Waals surface area contributed by atoms with Crippen molar-refractivity contribution in [3.63, 3.8) is 0 Å². The van der Waals surface area contributed by atoms with Gasteiger partial charge in [-0.1, -0.05) is 30.3 Å². The zero-order chi connectivity index (χ0) is 17.1. The number of imidazole rings is 1. The molecule has 1 aliphatic rings. The SMILES string of the molecule is O=C(NCc1nccn1CCc1ccccc1)c1nnc(C2CC2)o1. The van der Waals surface area contributed by atoms with Gasteiger partial charge < -0.3 is 14.3 Å². The number of rotatable bonds is 7. The molecule has 0 saturated heterocycles. The van der Waals surface area contributed by atoms with Gasteiger partial charge in [-0.15, -0.1) is 10.2 Å². The number of hydrogen-bond donors (Lipinski definition) is 1. The van der Waals surface area contributed by atoms with Crippen molar-refractivity contribution < 1.29 is 9.21 Å². The molecular weight excluding hydrogens is 318 g/mol. The third-order valence-electron chi connectivity index (χ3n) is 4.25. The van der Waals surface area contributed by atoms with Gasteiger partial charge in [0.15, 0.2) is 0 Å². The van der Waals surface area contributed by atoms with Crippen LogP contribution in [-0.4, -0.2) is 25.7 Å². The minimum atomic E-state index is -0.364. The van der Waals surface area contributed by atoms with Gasteiger partial charge >= 0.3 is 11.8 Å². The van der Waals surface area contributed by atoms with Crippen molar-refractivity contribution in [3.8, 4) is 0 Å². The number of carbonyl (C=O) groups excluding carboxylic acids is 1. The van der Waals surface area contributed by atoms with E-state index in [4.69, 9.17) is 4.42 Å². The number of nitrogens with zero attached hydrogens (tertiary/aromatic N) is 4. The highest BCUT2D eigenvalue weighted by molar-refractivity contribution is 5.89. The summed E-state index contributed by atoms with van der Waals surface area (Å²) in [6, 6.07) is 10.3. The van der Waals surface area contributed by atoms with Crippen LogP contribution in [0, 0.1) is 0 Å². The third kappa shape index (κ3) is 3.76. The molecule has 1 amide bonds. The minimum absolute atomic E-state index is 0.0179. The summed E-state index contributed by atoms with van der Waals surface area (Å²) in [5.74, 6) is 1.35. The lowest BCUT2D eigenvalue weighted by Gasteiger charge is -2.08. The number of hydrogen-bond acceptors (Lipinski definition) is 5. The molecule has 0 radical (unpaired) electrons. The van der Waals surface area contributed by atoms with E-state index in [1.54, 1.807) is 6.20 Å². The Morgan fingerprint density at radius 1 is 1.24 bits per heavy atom. The monoisotopic (exact) mass is 337 g/mol. The molecule has 0 unspecified atom stereocenters. The topological polar surface area (TPSA) is 85.8 Å². The molecule has 1 aliphatic carbocycles. The Morgan fingerprint density at radius 2 is 2.08 bits per heavy atom. The van der Waals surface area contributed by atoms with Crippen LogP contribution in [0.1, 0.15) is 46.7 Å². The quantitative estimate of drug-likeness (QED) is 0.715. The lowest BCUT2D eigenvalue weighted by Crippen LogP contribution is -2.25. The van der Waals surface area contributed by atoms with Crippen molar-refractivity contribution in [3.05, 3.63) is 65.9 Å². The maximum absolute atomic E-state index is 12.1. The molecule has 2 aromatic heterocycles. The van der Waals surface area contributed by atoms with E-state index in [1.807, 2.05) is 29.0 Å². The summed E-state index contributed by atoms with van der Waals surface area (Å²) in [4.78, 5) is 16.5. The van der Waals surface area contributed by atoms with Crippen LogP contribution in [0.5, 0.6) is 0 Å². The van der Waals surface area contributed by atoms with Gasteiger partial charge in [-0.3, -0.25) is 4.79 Å². The van der Waals surface area contributed by atoms with Crippen LogP contribution in [0.2, 0.25) is 0 Å². The molecule has 1 N–H and O–H groups in total. The van der Waals surface area contributed by atoms with Crippen molar-refractivity contribution in [1.82, 2.24) is 25.1 Å². The predicted molar refractivity (Wildman–Crippen MR) is 89.8 cm³/mol. The minimum Gasteiger partial charge on any atom is -0.417 e. The first-order valence-corrected chi connectivity index (χ1v) is 8.45. The lowest BCUT2D eigenvalue weighted by atomic mass is 10.1. The summed E-state index contributed by atoms with van der Waals surface area (Å²) >= 11 is 0. The average molecular weight is 337 g/mol. The van der Waals surface area contributed by atoms with E-state index < -0.39 is 0 Å². The summed E-state index contributed by atoms with van der Waals surface area (Å²) in [6.45, 7) is 1.13. The molecule has 7 heteroatoms. The van der Waals surface area contributed by atoms with Gasteiger partial charge in [-0.25, -0.2) is 4.98 Å². The molecule has 1 fully saturated rings. The lowest BCUT2D eigenvalue weighted by molar-refractivity contribution is 0.0913. The highest BCUT2D eigenvalue weighted by atomic mass is 16.4. The second-order valence-corrected chi connectivity index (χ2v) is 6.17. The summed E-state index contributed by atoms with van der Waals surface area (Å²) in [5, 5.41) is 10.5. The van der Waals surface area contributed by atoms with Crippen LogP contribution in [0.15, 0.2) is 47.1 Å². The van der Waals surface area contributed by atoms with Crippen LogP contribution in [0.25, 0.3) is 0 Å². The largest absolute Gasteiger partial charge is 0.417 e. The smallest absolute Gasteiger partial charge is 0.309 e. The van der Waals surface area contributed by atoms with Gasteiger partial charge in [0.2, 0.25) is 5.89 Å². The number of aryl methyl sites for hydroxylation is 2. The van der Waals surface area contributed by atoms with E-state index in [1.165, 1.54) is 5.56 Å². The standard InChI is InChI=1S/C18H19N5O2/c24-16(18-22-21-17(25-18)14-6-7-14)20-12-15-19-9-11-23(15)10-8-13-4-2-1-3-5-13/h1-5,9,11,14H,6-8,10,12H2,(H,20,24). The van der Waals surface area contributed by atoms with Crippen LogP contribution in [-0.2, 0) is 19.5 Å². The molecule has 1 aromatic carbocycles. The van der Waals surface area contributed by atoms with Crippen LogP contribution in [0.3, 0.4) is 0 Å². The Hall–Kier alpha value is -2.96. The van der Waals surface area contributed by atoms with Gasteiger partial charge in [-0.2, -0.15) is 0 Å². The van der Waals surface area contributed by atoms with E-state index in [0.29, 0.717) is 18.4 Å². The zero-order valence-corrected chi connectivity index (χ0v) is 13.8. The summed E-state index contributed by atoms with van der Waals surface area (Å²) in [7, 11) is 0. The van der Waals surface area contributed by atoms with Crippen molar-refractivity contribution in [2.45, 2.75) is 38.3 Å². The molecular formula is C18H19N5O2. The first-order valence-electron chi connectivity index (χ1n) is 8.45. The number of aromatic nitrogens is 4. The van der Waals surface area contributed by atoms with E-state index >= 15 is 0 Å². The Kier molecular flexibility index (Phi) is 4.28. The molecule has 7 nitrogen and oxygen atoms in total. The molecule has 2 heterocycles. The third-order valence-corrected chi connectivity index (χ3v) is 4.25. The van der Waals surface area contributed by atoms with E-state index in [9.17, 15) is 4.79 Å². The van der Waals surface area contributed by atoms with Gasteiger partial charge in [0.1, 0.15) is 5.82 Å². The second kappa shape index (κ2) is 6.88. The van der Waals surface area contributed by atoms with Gasteiger partial charge in [-0.05, 0) is 24.8 Å². The first kappa shape index (κ1) is 15.6. The number of amides is 1. The fourth-order valence-corrected chi connectivity index (χ4v) is 2.66. The van der Waals surface area contributed by atoms with E-state index in [0.717, 1.165) is 31.6 Å². The van der Waals surface area contributed by atoms with Crippen LogP contribution < -0.4 is 5.32 Å². The highest BCUT2D eigenvalue weighted by Gasteiger charge is 2.30. The van der Waals surface area contributed by atoms with Crippen LogP contribution >= 0.6 is 0 Å². The highest BCUT2D eigenvalue weighted by Crippen LogP contribution is 2.38.